The molecule has 3 rings (SSSR count). The second kappa shape index (κ2) is 7.27. The van der Waals surface area contributed by atoms with Crippen molar-refractivity contribution in [3.05, 3.63) is 53.6 Å². The van der Waals surface area contributed by atoms with E-state index in [0.29, 0.717) is 31.6 Å². The maximum atomic E-state index is 12.6. The monoisotopic (exact) mass is 354 g/mol. The first-order chi connectivity index (χ1) is 12.5. The zero-order valence-electron chi connectivity index (χ0n) is 14.4. The molecule has 1 aliphatic rings. The third-order valence-corrected chi connectivity index (χ3v) is 4.78. The van der Waals surface area contributed by atoms with E-state index in [9.17, 15) is 14.7 Å². The van der Waals surface area contributed by atoms with Gasteiger partial charge in [-0.3, -0.25) is 0 Å². The van der Waals surface area contributed by atoms with Crippen LogP contribution in [0.15, 0.2) is 42.5 Å². The van der Waals surface area contributed by atoms with E-state index >= 15 is 0 Å². The lowest BCUT2D eigenvalue weighted by atomic mass is 9.94. The number of rotatable bonds is 7. The quantitative estimate of drug-likeness (QED) is 0.259. The Morgan fingerprint density at radius 3 is 2.54 bits per heavy atom. The van der Waals surface area contributed by atoms with Crippen LogP contribution in [-0.2, 0) is 16.0 Å². The Kier molecular flexibility index (Phi) is 5.06. The van der Waals surface area contributed by atoms with Crippen LogP contribution in [0.25, 0.3) is 11.1 Å². The highest BCUT2D eigenvalue weighted by molar-refractivity contribution is 6.04. The van der Waals surface area contributed by atoms with E-state index in [4.69, 9.17) is 16.2 Å². The first-order valence-corrected chi connectivity index (χ1v) is 8.62. The van der Waals surface area contributed by atoms with Gasteiger partial charge in [-0.05, 0) is 48.6 Å². The Bertz CT molecular complexity index is 849. The predicted octanol–water partition coefficient (Wildman–Crippen LogP) is 2.07. The number of carboxylic acids is 1. The number of aliphatic carboxylic acids is 1. The van der Waals surface area contributed by atoms with Crippen LogP contribution in [0, 0.1) is 0 Å². The molecule has 26 heavy (non-hydrogen) atoms. The molecule has 0 fully saturated rings. The molecule has 6 heteroatoms. The van der Waals surface area contributed by atoms with Crippen LogP contribution >= 0.6 is 0 Å². The summed E-state index contributed by atoms with van der Waals surface area (Å²) in [4.78, 5) is 24.2. The minimum atomic E-state index is -2.08. The molecule has 0 aromatic heterocycles. The highest BCUT2D eigenvalue weighted by Crippen LogP contribution is 2.41. The van der Waals surface area contributed by atoms with Crippen LogP contribution in [0.2, 0.25) is 0 Å². The van der Waals surface area contributed by atoms with Gasteiger partial charge in [-0.2, -0.15) is 0 Å². The molecule has 0 spiro atoms. The molecular formula is C20H22N2O4. The van der Waals surface area contributed by atoms with Crippen molar-refractivity contribution in [1.82, 2.24) is 0 Å². The SMILES string of the molecule is NCCCC[C@](N)(C(=O)O)C(=O)Oc1cccc2c1Cc1ccccc1-2. The Morgan fingerprint density at radius 2 is 1.81 bits per heavy atom. The zero-order chi connectivity index (χ0) is 18.7. The van der Waals surface area contributed by atoms with Gasteiger partial charge in [-0.1, -0.05) is 36.4 Å². The molecule has 136 valence electrons. The largest absolute Gasteiger partial charge is 0.479 e. The molecule has 5 N–H and O–H groups in total. The molecule has 0 heterocycles. The number of nitrogens with two attached hydrogens (primary N) is 2. The van der Waals surface area contributed by atoms with Gasteiger partial charge in [0, 0.05) is 12.0 Å². The Hall–Kier alpha value is -2.70. The smallest absolute Gasteiger partial charge is 0.343 e. The van der Waals surface area contributed by atoms with Crippen LogP contribution in [0.5, 0.6) is 5.75 Å². The Labute approximate surface area is 151 Å². The van der Waals surface area contributed by atoms with Crippen molar-refractivity contribution < 1.29 is 19.4 Å². The molecular weight excluding hydrogens is 332 g/mol. The summed E-state index contributed by atoms with van der Waals surface area (Å²) in [6.45, 7) is 0.412. The van der Waals surface area contributed by atoms with Gasteiger partial charge >= 0.3 is 11.9 Å². The van der Waals surface area contributed by atoms with Gasteiger partial charge in [0.15, 0.2) is 0 Å². The van der Waals surface area contributed by atoms with Gasteiger partial charge in [-0.15, -0.1) is 0 Å². The van der Waals surface area contributed by atoms with Gasteiger partial charge in [0.05, 0.1) is 0 Å². The summed E-state index contributed by atoms with van der Waals surface area (Å²) in [6, 6.07) is 13.4. The summed E-state index contributed by atoms with van der Waals surface area (Å²) >= 11 is 0. The minimum Gasteiger partial charge on any atom is -0.479 e. The molecule has 0 amide bonds. The van der Waals surface area contributed by atoms with Gasteiger partial charge in [-0.25, -0.2) is 9.59 Å². The number of carbonyl (C=O) groups excluding carboxylic acids is 1. The highest BCUT2D eigenvalue weighted by atomic mass is 16.5. The predicted molar refractivity (Wildman–Crippen MR) is 97.8 cm³/mol. The van der Waals surface area contributed by atoms with Gasteiger partial charge in [0.1, 0.15) is 5.75 Å². The first kappa shape index (κ1) is 18.1. The molecule has 1 aliphatic carbocycles. The van der Waals surface area contributed by atoms with E-state index in [1.54, 1.807) is 12.1 Å². The Balaban J connectivity index is 1.85. The molecule has 0 radical (unpaired) electrons. The number of hydrogen-bond donors (Lipinski definition) is 3. The number of hydrogen-bond acceptors (Lipinski definition) is 5. The third-order valence-electron chi connectivity index (χ3n) is 4.78. The van der Waals surface area contributed by atoms with Crippen molar-refractivity contribution in [3.8, 4) is 16.9 Å². The van der Waals surface area contributed by atoms with Gasteiger partial charge in [0.25, 0.3) is 0 Å². The fraction of sp³-hybridized carbons (Fsp3) is 0.300. The number of benzene rings is 2. The second-order valence-electron chi connectivity index (χ2n) is 6.53. The number of fused-ring (bicyclic) bond motifs is 3. The van der Waals surface area contributed by atoms with Gasteiger partial charge < -0.3 is 21.3 Å². The number of carboxylic acid groups (broad SMARTS) is 1. The molecule has 0 aliphatic heterocycles. The van der Waals surface area contributed by atoms with Crippen molar-refractivity contribution in [2.24, 2.45) is 11.5 Å². The number of carbonyl (C=O) groups is 2. The molecule has 2 aromatic rings. The molecule has 0 unspecified atom stereocenters. The fourth-order valence-electron chi connectivity index (χ4n) is 3.26. The van der Waals surface area contributed by atoms with Crippen LogP contribution in [0.1, 0.15) is 30.4 Å². The maximum absolute atomic E-state index is 12.6. The van der Waals surface area contributed by atoms with Crippen molar-refractivity contribution >= 4 is 11.9 Å². The molecule has 1 atom stereocenters. The number of esters is 1. The van der Waals surface area contributed by atoms with Crippen LogP contribution < -0.4 is 16.2 Å². The van der Waals surface area contributed by atoms with E-state index in [2.05, 4.69) is 0 Å². The normalized spacial score (nSPS) is 14.2. The summed E-state index contributed by atoms with van der Waals surface area (Å²) in [7, 11) is 0. The fourth-order valence-corrected chi connectivity index (χ4v) is 3.26. The maximum Gasteiger partial charge on any atom is 0.343 e. The van der Waals surface area contributed by atoms with E-state index in [-0.39, 0.29) is 6.42 Å². The molecule has 2 aromatic carbocycles. The minimum absolute atomic E-state index is 0.0202. The van der Waals surface area contributed by atoms with Crippen molar-refractivity contribution in [2.75, 3.05) is 6.54 Å². The van der Waals surface area contributed by atoms with E-state index < -0.39 is 17.5 Å². The lowest BCUT2D eigenvalue weighted by Crippen LogP contribution is -2.56. The molecule has 0 saturated heterocycles. The summed E-state index contributed by atoms with van der Waals surface area (Å²) in [5, 5.41) is 9.46. The van der Waals surface area contributed by atoms with Crippen LogP contribution in [0.4, 0.5) is 0 Å². The zero-order valence-corrected chi connectivity index (χ0v) is 14.4. The lowest BCUT2D eigenvalue weighted by molar-refractivity contribution is -0.155. The first-order valence-electron chi connectivity index (χ1n) is 8.62. The average Bonchev–Trinajstić information content (AvgIpc) is 3.01. The average molecular weight is 354 g/mol. The second-order valence-corrected chi connectivity index (χ2v) is 6.53. The summed E-state index contributed by atoms with van der Waals surface area (Å²) in [5.74, 6) is -1.99. The van der Waals surface area contributed by atoms with Gasteiger partial charge in [0.2, 0.25) is 5.54 Å². The van der Waals surface area contributed by atoms with Crippen LogP contribution in [0.3, 0.4) is 0 Å². The van der Waals surface area contributed by atoms with Crippen LogP contribution in [-0.4, -0.2) is 29.1 Å². The number of unbranched alkanes of at least 4 members (excludes halogenated alkanes) is 1. The highest BCUT2D eigenvalue weighted by Gasteiger charge is 2.44. The Morgan fingerprint density at radius 1 is 1.08 bits per heavy atom. The van der Waals surface area contributed by atoms with E-state index in [1.165, 1.54) is 0 Å². The van der Waals surface area contributed by atoms with Crippen molar-refractivity contribution in [3.63, 3.8) is 0 Å². The van der Waals surface area contributed by atoms with E-state index in [0.717, 1.165) is 22.3 Å². The van der Waals surface area contributed by atoms with E-state index in [1.807, 2.05) is 30.3 Å². The molecule has 0 saturated carbocycles. The summed E-state index contributed by atoms with van der Waals surface area (Å²) in [5.41, 5.74) is 13.3. The molecule has 6 nitrogen and oxygen atoms in total. The standard InChI is InChI=1S/C20H22N2O4/c21-11-4-3-10-20(22,18(23)24)19(25)26-17-9-5-8-15-14-7-2-1-6-13(14)12-16(15)17/h1-2,5-9H,3-4,10-12,21-22H2,(H,23,24)/t20-/m0/s1. The summed E-state index contributed by atoms with van der Waals surface area (Å²) < 4.78 is 5.47. The van der Waals surface area contributed by atoms with Crippen molar-refractivity contribution in [1.29, 1.82) is 0 Å². The van der Waals surface area contributed by atoms with Crippen molar-refractivity contribution in [2.45, 2.75) is 31.2 Å². The lowest BCUT2D eigenvalue weighted by Gasteiger charge is -2.23. The third kappa shape index (κ3) is 3.21. The summed E-state index contributed by atoms with van der Waals surface area (Å²) in [6.07, 6.45) is 1.64. The number of ether oxygens (including phenoxy) is 1. The topological polar surface area (TPSA) is 116 Å². The molecule has 0 bridgehead atoms.